The molecule has 0 bridgehead atoms. The lowest BCUT2D eigenvalue weighted by atomic mass is 9.94. The van der Waals surface area contributed by atoms with Crippen molar-refractivity contribution < 1.29 is 14.4 Å². The van der Waals surface area contributed by atoms with Crippen LogP contribution in [0.1, 0.15) is 31.1 Å². The number of carbonyl (C=O) groups is 3. The summed E-state index contributed by atoms with van der Waals surface area (Å²) in [7, 11) is 0. The summed E-state index contributed by atoms with van der Waals surface area (Å²) in [4.78, 5) is 38.3. The molecule has 126 valence electrons. The van der Waals surface area contributed by atoms with Crippen LogP contribution in [0.25, 0.3) is 0 Å². The monoisotopic (exact) mass is 340 g/mol. The third-order valence-corrected chi connectivity index (χ3v) is 3.89. The van der Waals surface area contributed by atoms with E-state index < -0.39 is 11.6 Å². The van der Waals surface area contributed by atoms with Crippen LogP contribution in [0, 0.1) is 0 Å². The van der Waals surface area contributed by atoms with Crippen LogP contribution in [0.4, 0.5) is 0 Å². The highest BCUT2D eigenvalue weighted by molar-refractivity contribution is 6.33. The fourth-order valence-corrected chi connectivity index (χ4v) is 2.54. The number of Topliss-reactive ketones (excluding diaryl/α,β-unsaturated/α-hetero) is 2. The number of hydrogen-bond donors (Lipinski definition) is 0. The van der Waals surface area contributed by atoms with Gasteiger partial charge in [-0.05, 0) is 0 Å². The lowest BCUT2D eigenvalue weighted by Gasteiger charge is -2.07. The average molecular weight is 340 g/mol. The highest BCUT2D eigenvalue weighted by Gasteiger charge is 2.22. The van der Waals surface area contributed by atoms with Gasteiger partial charge >= 0.3 is 0 Å². The summed E-state index contributed by atoms with van der Waals surface area (Å²) in [5.74, 6) is -1.32. The topological polar surface area (TPSA) is 51.2 Å². The molecule has 26 heavy (non-hydrogen) atoms. The summed E-state index contributed by atoms with van der Waals surface area (Å²) in [5.41, 5.74) is 1.01. The van der Waals surface area contributed by atoms with Gasteiger partial charge in [0.2, 0.25) is 0 Å². The molecule has 0 aliphatic rings. The molecular weight excluding hydrogens is 324 g/mol. The lowest BCUT2D eigenvalue weighted by molar-refractivity contribution is 0.0948. The fraction of sp³-hybridized carbons (Fsp3) is 0. The lowest BCUT2D eigenvalue weighted by Crippen LogP contribution is -2.15. The first-order chi connectivity index (χ1) is 12.7. The number of rotatable bonds is 6. The molecule has 0 heterocycles. The number of ketones is 3. The molecule has 0 saturated carbocycles. The molecule has 0 spiro atoms. The Bertz CT molecular complexity index is 903. The first-order valence-electron chi connectivity index (χ1n) is 8.17. The van der Waals surface area contributed by atoms with Crippen LogP contribution >= 0.6 is 0 Å². The van der Waals surface area contributed by atoms with Crippen molar-refractivity contribution in [3.63, 3.8) is 0 Å². The van der Waals surface area contributed by atoms with Crippen LogP contribution in [-0.4, -0.2) is 17.3 Å². The van der Waals surface area contributed by atoms with Gasteiger partial charge in [-0.3, -0.25) is 14.4 Å². The quantitative estimate of drug-likeness (QED) is 0.286. The average Bonchev–Trinajstić information content (AvgIpc) is 2.73. The zero-order valence-corrected chi connectivity index (χ0v) is 14.0. The van der Waals surface area contributed by atoms with Crippen LogP contribution in [-0.2, 0) is 0 Å². The van der Waals surface area contributed by atoms with Crippen molar-refractivity contribution >= 4 is 17.3 Å². The van der Waals surface area contributed by atoms with E-state index in [2.05, 4.69) is 0 Å². The van der Waals surface area contributed by atoms with E-state index in [0.29, 0.717) is 16.7 Å². The highest BCUT2D eigenvalue weighted by Crippen LogP contribution is 2.16. The van der Waals surface area contributed by atoms with Crippen LogP contribution in [0.3, 0.4) is 0 Å². The standard InChI is InChI=1S/C23H16O3/c24-21(17-10-4-1-5-11-17)16-20(22(25)18-12-6-2-7-13-18)23(26)19-14-8-3-9-15-19/h1-16H. The Hall–Kier alpha value is -3.59. The Morgan fingerprint density at radius 3 is 1.23 bits per heavy atom. The minimum Gasteiger partial charge on any atom is -0.289 e. The summed E-state index contributed by atoms with van der Waals surface area (Å²) < 4.78 is 0. The Kier molecular flexibility index (Phi) is 5.30. The molecule has 3 rings (SSSR count). The summed E-state index contributed by atoms with van der Waals surface area (Å²) in [6.07, 6.45) is 1.14. The van der Waals surface area contributed by atoms with Crippen molar-refractivity contribution in [3.8, 4) is 0 Å². The first-order valence-corrected chi connectivity index (χ1v) is 8.17. The summed E-state index contributed by atoms with van der Waals surface area (Å²) in [5, 5.41) is 0. The van der Waals surface area contributed by atoms with E-state index in [9.17, 15) is 14.4 Å². The van der Waals surface area contributed by atoms with Gasteiger partial charge in [-0.1, -0.05) is 91.0 Å². The minimum atomic E-state index is -0.469. The fourth-order valence-electron chi connectivity index (χ4n) is 2.54. The van der Waals surface area contributed by atoms with E-state index in [1.807, 2.05) is 0 Å². The second-order valence-electron chi connectivity index (χ2n) is 5.68. The van der Waals surface area contributed by atoms with Crippen molar-refractivity contribution in [2.24, 2.45) is 0 Å². The molecule has 0 fully saturated rings. The van der Waals surface area contributed by atoms with Gasteiger partial charge in [-0.2, -0.15) is 0 Å². The molecule has 0 aromatic heterocycles. The molecule has 0 aliphatic heterocycles. The van der Waals surface area contributed by atoms with Gasteiger partial charge in [-0.25, -0.2) is 0 Å². The SMILES string of the molecule is O=C(C=C(C(=O)c1ccccc1)C(=O)c1ccccc1)c1ccccc1. The van der Waals surface area contributed by atoms with Gasteiger partial charge in [-0.15, -0.1) is 0 Å². The highest BCUT2D eigenvalue weighted by atomic mass is 16.2. The van der Waals surface area contributed by atoms with Crippen molar-refractivity contribution in [1.29, 1.82) is 0 Å². The molecule has 3 aromatic carbocycles. The Morgan fingerprint density at radius 1 is 0.500 bits per heavy atom. The summed E-state index contributed by atoms with van der Waals surface area (Å²) in [6.45, 7) is 0. The minimum absolute atomic E-state index is 0.142. The van der Waals surface area contributed by atoms with Gasteiger partial charge < -0.3 is 0 Å². The van der Waals surface area contributed by atoms with Crippen LogP contribution in [0.5, 0.6) is 0 Å². The molecule has 3 aromatic rings. The molecular formula is C23H16O3. The maximum atomic E-state index is 12.9. The Morgan fingerprint density at radius 2 is 0.846 bits per heavy atom. The van der Waals surface area contributed by atoms with Crippen LogP contribution in [0.15, 0.2) is 103 Å². The normalized spacial score (nSPS) is 10.0. The second kappa shape index (κ2) is 7.99. The third kappa shape index (κ3) is 3.90. The van der Waals surface area contributed by atoms with E-state index in [4.69, 9.17) is 0 Å². The van der Waals surface area contributed by atoms with Gasteiger partial charge in [0.15, 0.2) is 17.3 Å². The van der Waals surface area contributed by atoms with E-state index in [0.717, 1.165) is 6.08 Å². The van der Waals surface area contributed by atoms with Crippen molar-refractivity contribution in [3.05, 3.63) is 119 Å². The van der Waals surface area contributed by atoms with Gasteiger partial charge in [0, 0.05) is 22.8 Å². The van der Waals surface area contributed by atoms with Gasteiger partial charge in [0.25, 0.3) is 0 Å². The predicted octanol–water partition coefficient (Wildman–Crippen LogP) is 4.56. The summed E-state index contributed by atoms with van der Waals surface area (Å²) >= 11 is 0. The molecule has 0 aliphatic carbocycles. The first kappa shape index (κ1) is 17.2. The molecule has 3 heteroatoms. The molecule has 0 radical (unpaired) electrons. The Labute approximate surface area is 151 Å². The van der Waals surface area contributed by atoms with Crippen molar-refractivity contribution in [2.45, 2.75) is 0 Å². The Balaban J connectivity index is 2.04. The molecule has 0 unspecified atom stereocenters. The molecule has 3 nitrogen and oxygen atoms in total. The van der Waals surface area contributed by atoms with E-state index in [-0.39, 0.29) is 11.4 Å². The van der Waals surface area contributed by atoms with Crippen LogP contribution < -0.4 is 0 Å². The largest absolute Gasteiger partial charge is 0.289 e. The third-order valence-electron chi connectivity index (χ3n) is 3.89. The van der Waals surface area contributed by atoms with Gasteiger partial charge in [0.1, 0.15) is 0 Å². The van der Waals surface area contributed by atoms with E-state index in [1.54, 1.807) is 91.0 Å². The zero-order valence-electron chi connectivity index (χ0n) is 14.0. The number of allylic oxidation sites excluding steroid dienone is 2. The maximum Gasteiger partial charge on any atom is 0.197 e. The molecule has 0 amide bonds. The smallest absolute Gasteiger partial charge is 0.197 e. The molecule has 0 saturated heterocycles. The van der Waals surface area contributed by atoms with Crippen molar-refractivity contribution in [2.75, 3.05) is 0 Å². The second-order valence-corrected chi connectivity index (χ2v) is 5.68. The zero-order chi connectivity index (χ0) is 18.4. The summed E-state index contributed by atoms with van der Waals surface area (Å²) in [6, 6.07) is 25.5. The number of hydrogen-bond acceptors (Lipinski definition) is 3. The maximum absolute atomic E-state index is 12.9. The van der Waals surface area contributed by atoms with Crippen LogP contribution in [0.2, 0.25) is 0 Å². The van der Waals surface area contributed by atoms with Crippen molar-refractivity contribution in [1.82, 2.24) is 0 Å². The number of carbonyl (C=O) groups excluding carboxylic acids is 3. The predicted molar refractivity (Wildman–Crippen MR) is 100 cm³/mol. The van der Waals surface area contributed by atoms with E-state index in [1.165, 1.54) is 0 Å². The van der Waals surface area contributed by atoms with E-state index >= 15 is 0 Å². The molecule has 0 N–H and O–H groups in total. The van der Waals surface area contributed by atoms with Gasteiger partial charge in [0.05, 0.1) is 5.57 Å². The number of benzene rings is 3. The molecule has 0 atom stereocenters.